The second-order valence-corrected chi connectivity index (χ2v) is 3.03. The summed E-state index contributed by atoms with van der Waals surface area (Å²) in [6.07, 6.45) is 8.33. The van der Waals surface area contributed by atoms with Gasteiger partial charge in [-0.1, -0.05) is 45.6 Å². The van der Waals surface area contributed by atoms with Crippen LogP contribution in [-0.4, -0.2) is 22.8 Å². The maximum atomic E-state index is 9.25. The second-order valence-electron chi connectivity index (χ2n) is 3.03. The molecule has 3 heteroatoms. The number of unbranched alkanes of at least 4 members (excludes halogenated alkanes) is 5. The Morgan fingerprint density at radius 2 is 1.64 bits per heavy atom. The van der Waals surface area contributed by atoms with Gasteiger partial charge in [-0.25, -0.2) is 4.79 Å². The van der Waals surface area contributed by atoms with Gasteiger partial charge in [-0.15, -0.1) is 0 Å². The summed E-state index contributed by atoms with van der Waals surface area (Å²) in [5, 5.41) is 16.0. The highest BCUT2D eigenvalue weighted by molar-refractivity contribution is 5.78. The zero-order chi connectivity index (χ0) is 11.2. The summed E-state index contributed by atoms with van der Waals surface area (Å²) in [7, 11) is 0. The van der Waals surface area contributed by atoms with Crippen molar-refractivity contribution in [1.29, 1.82) is 0 Å². The van der Waals surface area contributed by atoms with Crippen LogP contribution in [0.2, 0.25) is 0 Å². The van der Waals surface area contributed by atoms with Gasteiger partial charge in [0.1, 0.15) is 0 Å². The van der Waals surface area contributed by atoms with Crippen LogP contribution in [0.15, 0.2) is 12.7 Å². The summed E-state index contributed by atoms with van der Waals surface area (Å²) in [4.78, 5) is 9.25. The predicted molar refractivity (Wildman–Crippen MR) is 58.3 cm³/mol. The lowest BCUT2D eigenvalue weighted by Crippen LogP contribution is -1.82. The van der Waals surface area contributed by atoms with E-state index >= 15 is 0 Å². The van der Waals surface area contributed by atoms with E-state index in [1.54, 1.807) is 0 Å². The Hall–Kier alpha value is -0.830. The van der Waals surface area contributed by atoms with Crippen molar-refractivity contribution in [2.75, 3.05) is 6.61 Å². The summed E-state index contributed by atoms with van der Waals surface area (Å²) in [5.74, 6) is -0.981. The minimum Gasteiger partial charge on any atom is -0.478 e. The molecule has 0 amide bonds. The highest BCUT2D eigenvalue weighted by Gasteiger charge is 1.86. The molecule has 0 bridgehead atoms. The van der Waals surface area contributed by atoms with E-state index in [9.17, 15) is 4.79 Å². The molecule has 0 saturated heterocycles. The number of hydrogen-bond donors (Lipinski definition) is 2. The molecule has 0 aliphatic carbocycles. The molecule has 0 aromatic carbocycles. The van der Waals surface area contributed by atoms with Gasteiger partial charge < -0.3 is 10.2 Å². The topological polar surface area (TPSA) is 57.5 Å². The lowest BCUT2D eigenvalue weighted by Gasteiger charge is -1.95. The Labute approximate surface area is 86.5 Å². The summed E-state index contributed by atoms with van der Waals surface area (Å²) in [6, 6.07) is 0. The first kappa shape index (κ1) is 15.6. The number of carboxylic acids is 1. The average molecular weight is 202 g/mol. The molecule has 0 atom stereocenters. The minimum atomic E-state index is -0.981. The van der Waals surface area contributed by atoms with Crippen molar-refractivity contribution < 1.29 is 15.0 Å². The van der Waals surface area contributed by atoms with Crippen molar-refractivity contribution in [3.63, 3.8) is 0 Å². The molecule has 14 heavy (non-hydrogen) atoms. The number of rotatable bonds is 7. The van der Waals surface area contributed by atoms with Crippen molar-refractivity contribution in [3.8, 4) is 0 Å². The van der Waals surface area contributed by atoms with Crippen LogP contribution in [0.3, 0.4) is 0 Å². The monoisotopic (exact) mass is 202 g/mol. The van der Waals surface area contributed by atoms with E-state index in [-0.39, 0.29) is 0 Å². The minimum absolute atomic E-state index is 0.367. The van der Waals surface area contributed by atoms with Crippen molar-refractivity contribution in [3.05, 3.63) is 12.7 Å². The van der Waals surface area contributed by atoms with Crippen LogP contribution in [0.5, 0.6) is 0 Å². The molecule has 0 aromatic rings. The van der Waals surface area contributed by atoms with Crippen molar-refractivity contribution >= 4 is 5.97 Å². The molecule has 2 N–H and O–H groups in total. The number of carbonyl (C=O) groups is 1. The van der Waals surface area contributed by atoms with Gasteiger partial charge >= 0.3 is 5.97 Å². The molecule has 0 rings (SSSR count). The second kappa shape index (κ2) is 14.7. The molecule has 84 valence electrons. The molecule has 0 heterocycles. The lowest BCUT2D eigenvalue weighted by molar-refractivity contribution is -0.131. The van der Waals surface area contributed by atoms with Gasteiger partial charge in [-0.05, 0) is 6.42 Å². The molecule has 0 unspecified atom stereocenters. The van der Waals surface area contributed by atoms with E-state index in [1.165, 1.54) is 32.1 Å². The molecule has 3 nitrogen and oxygen atoms in total. The van der Waals surface area contributed by atoms with Crippen LogP contribution in [0, 0.1) is 0 Å². The van der Waals surface area contributed by atoms with Gasteiger partial charge in [0, 0.05) is 12.7 Å². The lowest BCUT2D eigenvalue weighted by atomic mass is 10.1. The van der Waals surface area contributed by atoms with E-state index in [0.717, 1.165) is 12.5 Å². The SMILES string of the molecule is C=CC(=O)O.CCCCCCCCO. The van der Waals surface area contributed by atoms with Crippen molar-refractivity contribution in [1.82, 2.24) is 0 Å². The molecule has 0 aromatic heterocycles. The summed E-state index contributed by atoms with van der Waals surface area (Å²) >= 11 is 0. The van der Waals surface area contributed by atoms with Crippen LogP contribution in [0.4, 0.5) is 0 Å². The Morgan fingerprint density at radius 1 is 1.21 bits per heavy atom. The van der Waals surface area contributed by atoms with Crippen molar-refractivity contribution in [2.45, 2.75) is 45.4 Å². The summed E-state index contributed by atoms with van der Waals surface area (Å²) in [5.41, 5.74) is 0. The number of aliphatic carboxylic acids is 1. The molecule has 0 aliphatic heterocycles. The van der Waals surface area contributed by atoms with Gasteiger partial charge in [0.05, 0.1) is 0 Å². The Bertz CT molecular complexity index is 126. The maximum absolute atomic E-state index is 9.25. The third-order valence-corrected chi connectivity index (χ3v) is 1.69. The van der Waals surface area contributed by atoms with Crippen molar-refractivity contribution in [2.24, 2.45) is 0 Å². The molecular formula is C11H22O3. The summed E-state index contributed by atoms with van der Waals surface area (Å²) in [6.45, 7) is 5.54. The van der Waals surface area contributed by atoms with E-state index in [4.69, 9.17) is 10.2 Å². The van der Waals surface area contributed by atoms with Crippen LogP contribution in [0.25, 0.3) is 0 Å². The zero-order valence-corrected chi connectivity index (χ0v) is 9.04. The number of aliphatic hydroxyl groups excluding tert-OH is 1. The molecule has 0 aliphatic rings. The third-order valence-electron chi connectivity index (χ3n) is 1.69. The van der Waals surface area contributed by atoms with Crippen LogP contribution < -0.4 is 0 Å². The van der Waals surface area contributed by atoms with Gasteiger partial charge in [0.15, 0.2) is 0 Å². The fourth-order valence-electron chi connectivity index (χ4n) is 0.892. The highest BCUT2D eigenvalue weighted by Crippen LogP contribution is 2.03. The van der Waals surface area contributed by atoms with Gasteiger partial charge in [-0.2, -0.15) is 0 Å². The predicted octanol–water partition coefficient (Wildman–Crippen LogP) is 2.60. The molecule has 0 fully saturated rings. The molecule has 0 spiro atoms. The van der Waals surface area contributed by atoms with Crippen LogP contribution in [0.1, 0.15) is 45.4 Å². The Morgan fingerprint density at radius 3 is 2.00 bits per heavy atom. The van der Waals surface area contributed by atoms with E-state index < -0.39 is 5.97 Å². The number of hydrogen-bond acceptors (Lipinski definition) is 2. The largest absolute Gasteiger partial charge is 0.478 e. The number of aliphatic hydroxyl groups is 1. The standard InChI is InChI=1S/C8H18O.C3H4O2/c1-2-3-4-5-6-7-8-9;1-2-3(4)5/h9H,2-8H2,1H3;2H,1H2,(H,4,5). The van der Waals surface area contributed by atoms with E-state index in [1.807, 2.05) is 0 Å². The average Bonchev–Trinajstić information content (AvgIpc) is 2.19. The quantitative estimate of drug-likeness (QED) is 0.493. The van der Waals surface area contributed by atoms with Gasteiger partial charge in [0.2, 0.25) is 0 Å². The third kappa shape index (κ3) is 22.5. The summed E-state index contributed by atoms with van der Waals surface area (Å²) < 4.78 is 0. The van der Waals surface area contributed by atoms with Gasteiger partial charge in [0.25, 0.3) is 0 Å². The fourth-order valence-corrected chi connectivity index (χ4v) is 0.892. The van der Waals surface area contributed by atoms with Crippen LogP contribution in [-0.2, 0) is 4.79 Å². The van der Waals surface area contributed by atoms with Gasteiger partial charge in [-0.3, -0.25) is 0 Å². The number of carboxylic acid groups (broad SMARTS) is 1. The molecular weight excluding hydrogens is 180 g/mol. The Balaban J connectivity index is 0. The fraction of sp³-hybridized carbons (Fsp3) is 0.727. The normalized spacial score (nSPS) is 8.71. The maximum Gasteiger partial charge on any atom is 0.327 e. The smallest absolute Gasteiger partial charge is 0.327 e. The molecule has 0 radical (unpaired) electrons. The first-order chi connectivity index (χ1) is 6.68. The van der Waals surface area contributed by atoms with Crippen LogP contribution >= 0.6 is 0 Å². The Kier molecular flexibility index (Phi) is 16.4. The van der Waals surface area contributed by atoms with E-state index in [0.29, 0.717) is 6.61 Å². The molecule has 0 saturated carbocycles. The first-order valence-corrected chi connectivity index (χ1v) is 5.15. The zero-order valence-electron chi connectivity index (χ0n) is 9.04. The van der Waals surface area contributed by atoms with E-state index in [2.05, 4.69) is 13.5 Å². The highest BCUT2D eigenvalue weighted by atomic mass is 16.4. The first-order valence-electron chi connectivity index (χ1n) is 5.15.